The number of hydrogen-bond acceptors (Lipinski definition) is 2. The molecule has 0 unspecified atom stereocenters. The monoisotopic (exact) mass is 361 g/mol. The molecule has 0 amide bonds. The van der Waals surface area contributed by atoms with Crippen LogP contribution in [0.3, 0.4) is 0 Å². The summed E-state index contributed by atoms with van der Waals surface area (Å²) in [5, 5.41) is 7.75. The molecule has 19 heavy (non-hydrogen) atoms. The molecule has 1 aliphatic carbocycles. The summed E-state index contributed by atoms with van der Waals surface area (Å²) < 4.78 is 0.854. The van der Waals surface area contributed by atoms with Crippen molar-refractivity contribution in [2.45, 2.75) is 45.1 Å². The predicted octanol–water partition coefficient (Wildman–Crippen LogP) is 4.43. The Labute approximate surface area is 132 Å². The first-order valence-electron chi connectivity index (χ1n) is 6.46. The molecular weight excluding hydrogens is 346 g/mol. The molecule has 1 heterocycles. The molecular formula is C13H17BrClN3S. The van der Waals surface area contributed by atoms with Crippen LogP contribution in [-0.4, -0.2) is 16.1 Å². The molecule has 0 aliphatic heterocycles. The van der Waals surface area contributed by atoms with Crippen LogP contribution in [-0.2, 0) is 0 Å². The average molecular weight is 363 g/mol. The second-order valence-corrected chi connectivity index (χ2v) is 6.44. The van der Waals surface area contributed by atoms with Gasteiger partial charge in [-0.3, -0.25) is 0 Å². The summed E-state index contributed by atoms with van der Waals surface area (Å²) in [5.74, 6) is 0.704. The number of nitrogens with zero attached hydrogens (tertiary/aromatic N) is 1. The minimum atomic E-state index is 0.487. The number of hydrogen-bond donors (Lipinski definition) is 2. The van der Waals surface area contributed by atoms with Crippen LogP contribution in [0.25, 0.3) is 0 Å². The van der Waals surface area contributed by atoms with Gasteiger partial charge in [-0.15, -0.1) is 0 Å². The molecule has 0 radical (unpaired) electrons. The highest BCUT2D eigenvalue weighted by Crippen LogP contribution is 2.29. The summed E-state index contributed by atoms with van der Waals surface area (Å²) in [6.07, 6.45) is 7.91. The Morgan fingerprint density at radius 2 is 2.11 bits per heavy atom. The topological polar surface area (TPSA) is 37.0 Å². The van der Waals surface area contributed by atoms with E-state index < -0.39 is 0 Å². The van der Waals surface area contributed by atoms with Gasteiger partial charge in [0.25, 0.3) is 0 Å². The van der Waals surface area contributed by atoms with E-state index in [2.05, 4.69) is 31.5 Å². The van der Waals surface area contributed by atoms with Gasteiger partial charge in [0.05, 0.1) is 9.50 Å². The zero-order valence-corrected chi connectivity index (χ0v) is 14.0. The van der Waals surface area contributed by atoms with Crippen molar-refractivity contribution < 1.29 is 0 Å². The van der Waals surface area contributed by atoms with E-state index in [0.717, 1.165) is 10.0 Å². The Balaban J connectivity index is 1.97. The smallest absolute Gasteiger partial charge is 0.172 e. The molecule has 1 aliphatic rings. The van der Waals surface area contributed by atoms with Crippen LogP contribution >= 0.6 is 39.7 Å². The maximum Gasteiger partial charge on any atom is 0.172 e. The van der Waals surface area contributed by atoms with Gasteiger partial charge in [0, 0.05) is 12.2 Å². The Bertz CT molecular complexity index is 475. The van der Waals surface area contributed by atoms with Crippen molar-refractivity contribution in [1.82, 2.24) is 10.3 Å². The lowest BCUT2D eigenvalue weighted by atomic mass is 9.96. The van der Waals surface area contributed by atoms with Crippen LogP contribution in [0.1, 0.15) is 37.7 Å². The summed E-state index contributed by atoms with van der Waals surface area (Å²) in [6.45, 7) is 1.94. The van der Waals surface area contributed by atoms with Crippen molar-refractivity contribution in [3.05, 3.63) is 21.3 Å². The molecule has 2 rings (SSSR count). The third kappa shape index (κ3) is 4.04. The third-order valence-corrected chi connectivity index (χ3v) is 4.95. The number of pyridine rings is 1. The van der Waals surface area contributed by atoms with Crippen molar-refractivity contribution in [3.63, 3.8) is 0 Å². The molecule has 0 aromatic carbocycles. The van der Waals surface area contributed by atoms with Gasteiger partial charge < -0.3 is 10.6 Å². The van der Waals surface area contributed by atoms with Crippen molar-refractivity contribution >= 4 is 50.7 Å². The SMILES string of the molecule is Cc1c(Cl)cnc(NC(=S)NC2CCCCC2)c1Br. The molecule has 1 aromatic rings. The fraction of sp³-hybridized carbons (Fsp3) is 0.538. The largest absolute Gasteiger partial charge is 0.360 e. The lowest BCUT2D eigenvalue weighted by Crippen LogP contribution is -2.39. The summed E-state index contributed by atoms with van der Waals surface area (Å²) in [7, 11) is 0. The first-order chi connectivity index (χ1) is 9.08. The molecule has 3 nitrogen and oxygen atoms in total. The number of nitrogens with one attached hydrogen (secondary N) is 2. The first-order valence-corrected chi connectivity index (χ1v) is 8.04. The van der Waals surface area contributed by atoms with Crippen LogP contribution in [0.15, 0.2) is 10.7 Å². The maximum absolute atomic E-state index is 6.01. The van der Waals surface area contributed by atoms with E-state index in [0.29, 0.717) is 22.0 Å². The second-order valence-electron chi connectivity index (χ2n) is 4.83. The minimum Gasteiger partial charge on any atom is -0.360 e. The third-order valence-electron chi connectivity index (χ3n) is 3.37. The van der Waals surface area contributed by atoms with E-state index in [1.807, 2.05) is 6.92 Å². The van der Waals surface area contributed by atoms with Crippen molar-refractivity contribution in [2.24, 2.45) is 0 Å². The van der Waals surface area contributed by atoms with Gasteiger partial charge in [-0.05, 0) is 53.5 Å². The lowest BCUT2D eigenvalue weighted by Gasteiger charge is -2.24. The maximum atomic E-state index is 6.01. The summed E-state index contributed by atoms with van der Waals surface area (Å²) in [6, 6.07) is 0.487. The number of halogens is 2. The zero-order chi connectivity index (χ0) is 13.8. The Morgan fingerprint density at radius 1 is 1.42 bits per heavy atom. The van der Waals surface area contributed by atoms with Crippen molar-refractivity contribution in [2.75, 3.05) is 5.32 Å². The van der Waals surface area contributed by atoms with Crippen LogP contribution < -0.4 is 10.6 Å². The van der Waals surface area contributed by atoms with Gasteiger partial charge in [-0.2, -0.15) is 0 Å². The van der Waals surface area contributed by atoms with Crippen LogP contribution in [0, 0.1) is 6.92 Å². The molecule has 6 heteroatoms. The van der Waals surface area contributed by atoms with E-state index in [4.69, 9.17) is 23.8 Å². The number of thiocarbonyl (C=S) groups is 1. The fourth-order valence-electron chi connectivity index (χ4n) is 2.22. The van der Waals surface area contributed by atoms with Gasteiger partial charge in [-0.25, -0.2) is 4.98 Å². The molecule has 2 N–H and O–H groups in total. The van der Waals surface area contributed by atoms with Crippen molar-refractivity contribution in [3.8, 4) is 0 Å². The Morgan fingerprint density at radius 3 is 2.79 bits per heavy atom. The lowest BCUT2D eigenvalue weighted by molar-refractivity contribution is 0.415. The van der Waals surface area contributed by atoms with Gasteiger partial charge in [0.15, 0.2) is 5.11 Å². The molecule has 1 aromatic heterocycles. The molecule has 104 valence electrons. The first kappa shape index (κ1) is 15.0. The van der Waals surface area contributed by atoms with Crippen LogP contribution in [0.4, 0.5) is 5.82 Å². The van der Waals surface area contributed by atoms with E-state index in [1.54, 1.807) is 6.20 Å². The molecule has 0 saturated heterocycles. The average Bonchev–Trinajstić information content (AvgIpc) is 2.41. The minimum absolute atomic E-state index is 0.487. The highest BCUT2D eigenvalue weighted by atomic mass is 79.9. The molecule has 1 fully saturated rings. The quantitative estimate of drug-likeness (QED) is 0.763. The van der Waals surface area contributed by atoms with E-state index in [1.165, 1.54) is 32.1 Å². The zero-order valence-electron chi connectivity index (χ0n) is 10.8. The highest BCUT2D eigenvalue weighted by Gasteiger charge is 2.15. The summed E-state index contributed by atoms with van der Waals surface area (Å²) >= 11 is 14.8. The van der Waals surface area contributed by atoms with E-state index >= 15 is 0 Å². The fourth-order valence-corrected chi connectivity index (χ4v) is 3.16. The van der Waals surface area contributed by atoms with Gasteiger partial charge in [0.1, 0.15) is 5.82 Å². The Hall–Kier alpha value is -0.390. The summed E-state index contributed by atoms with van der Waals surface area (Å²) in [5.41, 5.74) is 0.958. The molecule has 0 bridgehead atoms. The number of aromatic nitrogens is 1. The van der Waals surface area contributed by atoms with Crippen LogP contribution in [0.5, 0.6) is 0 Å². The Kier molecular flexibility index (Phi) is 5.42. The second kappa shape index (κ2) is 6.86. The van der Waals surface area contributed by atoms with Crippen molar-refractivity contribution in [1.29, 1.82) is 0 Å². The van der Waals surface area contributed by atoms with Gasteiger partial charge in [0.2, 0.25) is 0 Å². The molecule has 0 spiro atoms. The van der Waals surface area contributed by atoms with E-state index in [-0.39, 0.29) is 0 Å². The summed E-state index contributed by atoms with van der Waals surface area (Å²) in [4.78, 5) is 4.25. The highest BCUT2D eigenvalue weighted by molar-refractivity contribution is 9.10. The molecule has 1 saturated carbocycles. The number of rotatable bonds is 2. The molecule has 0 atom stereocenters. The predicted molar refractivity (Wildman–Crippen MR) is 87.9 cm³/mol. The van der Waals surface area contributed by atoms with Gasteiger partial charge >= 0.3 is 0 Å². The van der Waals surface area contributed by atoms with Crippen LogP contribution in [0.2, 0.25) is 5.02 Å². The standard InChI is InChI=1S/C13H17BrClN3S/c1-8-10(15)7-16-12(11(8)14)18-13(19)17-9-5-3-2-4-6-9/h7,9H,2-6H2,1H3,(H2,16,17,18,19). The van der Waals surface area contributed by atoms with E-state index in [9.17, 15) is 0 Å². The normalized spacial score (nSPS) is 16.2. The number of anilines is 1. The van der Waals surface area contributed by atoms with Gasteiger partial charge in [-0.1, -0.05) is 30.9 Å².